The fourth-order valence-corrected chi connectivity index (χ4v) is 3.29. The summed E-state index contributed by atoms with van der Waals surface area (Å²) in [6.07, 6.45) is -0.242. The van der Waals surface area contributed by atoms with Gasteiger partial charge in [-0.2, -0.15) is 13.2 Å². The minimum Gasteiger partial charge on any atom is -0.507 e. The van der Waals surface area contributed by atoms with Crippen LogP contribution in [0.5, 0.6) is 5.75 Å². The fourth-order valence-electron chi connectivity index (χ4n) is 3.29. The Balaban J connectivity index is 2.08. The van der Waals surface area contributed by atoms with Crippen LogP contribution in [0.25, 0.3) is 6.08 Å². The van der Waals surface area contributed by atoms with Gasteiger partial charge in [-0.15, -0.1) is 0 Å². The number of hydrogen-bond donors (Lipinski definition) is 2. The lowest BCUT2D eigenvalue weighted by molar-refractivity contribution is -0.134. The highest BCUT2D eigenvalue weighted by atomic mass is 19.4. The predicted octanol–water partition coefficient (Wildman–Crippen LogP) is 5.88. The van der Waals surface area contributed by atoms with Crippen LogP contribution in [0.1, 0.15) is 66.3 Å². The first-order valence-electron chi connectivity index (χ1n) is 11.2. The zero-order valence-electron chi connectivity index (χ0n) is 20.1. The number of aromatic hydroxyl groups is 1. The van der Waals surface area contributed by atoms with Crippen molar-refractivity contribution >= 4 is 18.0 Å². The molecule has 0 aliphatic heterocycles. The van der Waals surface area contributed by atoms with Gasteiger partial charge in [0.25, 0.3) is 0 Å². The van der Waals surface area contributed by atoms with E-state index in [4.69, 9.17) is 4.42 Å². The van der Waals surface area contributed by atoms with E-state index < -0.39 is 41.4 Å². The Morgan fingerprint density at radius 1 is 1.22 bits per heavy atom. The molecule has 1 amide bonds. The summed E-state index contributed by atoms with van der Waals surface area (Å²) in [5.74, 6) is -1.28. The molecule has 2 N–H and O–H groups in total. The Labute approximate surface area is 206 Å². The second-order valence-corrected chi connectivity index (χ2v) is 8.23. The first-order valence-corrected chi connectivity index (χ1v) is 11.2. The number of amides is 1. The summed E-state index contributed by atoms with van der Waals surface area (Å²) in [5, 5.41) is 12.8. The Bertz CT molecular complexity index is 1180. The third kappa shape index (κ3) is 8.75. The molecule has 7 nitrogen and oxygen atoms in total. The average Bonchev–Trinajstić information content (AvgIpc) is 2.81. The van der Waals surface area contributed by atoms with Gasteiger partial charge in [-0.1, -0.05) is 37.3 Å². The van der Waals surface area contributed by atoms with Gasteiger partial charge in [0.15, 0.2) is 5.78 Å². The lowest BCUT2D eigenvalue weighted by Crippen LogP contribution is -2.17. The van der Waals surface area contributed by atoms with Crippen molar-refractivity contribution in [1.82, 2.24) is 5.32 Å². The summed E-state index contributed by atoms with van der Waals surface area (Å²) in [5.41, 5.74) is -0.263. The molecule has 2 rings (SSSR count). The van der Waals surface area contributed by atoms with Crippen LogP contribution in [0.4, 0.5) is 18.0 Å². The molecule has 1 aromatic carbocycles. The van der Waals surface area contributed by atoms with Crippen LogP contribution in [0.15, 0.2) is 57.4 Å². The summed E-state index contributed by atoms with van der Waals surface area (Å²) < 4.78 is 46.8. The zero-order chi connectivity index (χ0) is 26.9. The molecule has 194 valence electrons. The molecule has 36 heavy (non-hydrogen) atoms. The number of alkyl halides is 3. The van der Waals surface area contributed by atoms with Crippen LogP contribution in [-0.4, -0.2) is 30.3 Å². The number of carbonyl (C=O) groups excluding carboxylic acids is 2. The van der Waals surface area contributed by atoms with Crippen LogP contribution in [0.3, 0.4) is 0 Å². The summed E-state index contributed by atoms with van der Waals surface area (Å²) in [6.45, 7) is 3.24. The number of ketones is 1. The SMILES string of the molecule is COC(=O)N/C=C/CCC(C)c1cc(O)c(C(=O)/C(C)=C/c2ccc(CCC(F)(F)F)cc2)c(=O)o1. The van der Waals surface area contributed by atoms with Gasteiger partial charge in [-0.25, -0.2) is 9.59 Å². The number of rotatable bonds is 10. The van der Waals surface area contributed by atoms with Crippen molar-refractivity contribution in [2.75, 3.05) is 7.11 Å². The first-order chi connectivity index (χ1) is 16.9. The number of halogens is 3. The van der Waals surface area contributed by atoms with Gasteiger partial charge in [0.05, 0.1) is 7.11 Å². The van der Waals surface area contributed by atoms with Gasteiger partial charge >= 0.3 is 17.9 Å². The van der Waals surface area contributed by atoms with Crippen LogP contribution in [-0.2, 0) is 11.2 Å². The predicted molar refractivity (Wildman–Crippen MR) is 128 cm³/mol. The van der Waals surface area contributed by atoms with Crippen LogP contribution >= 0.6 is 0 Å². The van der Waals surface area contributed by atoms with Gasteiger partial charge in [0, 0.05) is 24.6 Å². The second kappa shape index (κ2) is 12.8. The number of methoxy groups -OCH3 is 1. The van der Waals surface area contributed by atoms with E-state index in [0.717, 1.165) is 0 Å². The van der Waals surface area contributed by atoms with Crippen molar-refractivity contribution in [3.8, 4) is 5.75 Å². The minimum atomic E-state index is -4.24. The zero-order valence-corrected chi connectivity index (χ0v) is 20.1. The maximum absolute atomic E-state index is 12.8. The number of Topliss-reactive ketones (excluding diaryl/α,β-unsaturated/α-hetero) is 1. The molecular formula is C26H28F3NO6. The molecule has 0 fully saturated rings. The van der Waals surface area contributed by atoms with E-state index in [1.165, 1.54) is 44.5 Å². The van der Waals surface area contributed by atoms with Gasteiger partial charge < -0.3 is 14.3 Å². The van der Waals surface area contributed by atoms with Crippen molar-refractivity contribution in [2.24, 2.45) is 0 Å². The van der Waals surface area contributed by atoms with Gasteiger partial charge in [0.1, 0.15) is 17.1 Å². The van der Waals surface area contributed by atoms with E-state index in [9.17, 15) is 32.7 Å². The van der Waals surface area contributed by atoms with Gasteiger partial charge in [0.2, 0.25) is 0 Å². The van der Waals surface area contributed by atoms with Crippen molar-refractivity contribution < 1.29 is 37.0 Å². The topological polar surface area (TPSA) is 106 Å². The van der Waals surface area contributed by atoms with E-state index in [1.54, 1.807) is 25.1 Å². The standard InChI is InChI=1S/C26H28F3NO6/c1-16(6-4-5-13-30-25(34)35-3)21-15-20(31)22(24(33)36-21)23(32)17(2)14-19-9-7-18(8-10-19)11-12-26(27,28)29/h5,7-10,13-16,31H,4,6,11-12H2,1-3H3,(H,30,34)/b13-5+,17-14+. The molecule has 1 aromatic heterocycles. The van der Waals surface area contributed by atoms with E-state index in [1.807, 2.05) is 0 Å². The Morgan fingerprint density at radius 2 is 1.89 bits per heavy atom. The molecule has 0 bridgehead atoms. The Kier molecular flexibility index (Phi) is 10.1. The van der Waals surface area contributed by atoms with E-state index in [-0.39, 0.29) is 23.7 Å². The summed E-state index contributed by atoms with van der Waals surface area (Å²) in [4.78, 5) is 36.3. The average molecular weight is 508 g/mol. The van der Waals surface area contributed by atoms with E-state index >= 15 is 0 Å². The molecule has 1 atom stereocenters. The number of aryl methyl sites for hydroxylation is 1. The monoisotopic (exact) mass is 507 g/mol. The van der Waals surface area contributed by atoms with Crippen molar-refractivity contribution in [3.63, 3.8) is 0 Å². The maximum Gasteiger partial charge on any atom is 0.410 e. The highest BCUT2D eigenvalue weighted by molar-refractivity contribution is 6.12. The summed E-state index contributed by atoms with van der Waals surface area (Å²) >= 11 is 0. The lowest BCUT2D eigenvalue weighted by atomic mass is 9.99. The number of ether oxygens (including phenoxy) is 1. The molecular weight excluding hydrogens is 479 g/mol. The number of alkyl carbamates (subject to hydrolysis) is 1. The molecule has 0 spiro atoms. The largest absolute Gasteiger partial charge is 0.507 e. The van der Waals surface area contributed by atoms with Crippen molar-refractivity contribution in [2.45, 2.75) is 51.6 Å². The number of allylic oxidation sites excluding steroid dienone is 2. The Hall–Kier alpha value is -3.82. The molecule has 1 unspecified atom stereocenters. The molecule has 0 saturated carbocycles. The summed E-state index contributed by atoms with van der Waals surface area (Å²) in [6, 6.07) is 7.46. The summed E-state index contributed by atoms with van der Waals surface area (Å²) in [7, 11) is 1.24. The molecule has 0 aliphatic carbocycles. The molecule has 2 aromatic rings. The second-order valence-electron chi connectivity index (χ2n) is 8.23. The van der Waals surface area contributed by atoms with Crippen LogP contribution in [0, 0.1) is 0 Å². The Morgan fingerprint density at radius 3 is 2.47 bits per heavy atom. The van der Waals surface area contributed by atoms with Crippen LogP contribution in [0.2, 0.25) is 0 Å². The van der Waals surface area contributed by atoms with Crippen molar-refractivity contribution in [3.05, 3.63) is 81.1 Å². The molecule has 0 radical (unpaired) electrons. The smallest absolute Gasteiger partial charge is 0.410 e. The highest BCUT2D eigenvalue weighted by Crippen LogP contribution is 2.26. The minimum absolute atomic E-state index is 0.143. The quantitative estimate of drug-likeness (QED) is 0.307. The van der Waals surface area contributed by atoms with Gasteiger partial charge in [-0.3, -0.25) is 10.1 Å². The third-order valence-corrected chi connectivity index (χ3v) is 5.35. The number of nitrogens with one attached hydrogen (secondary N) is 1. The molecule has 10 heteroatoms. The highest BCUT2D eigenvalue weighted by Gasteiger charge is 2.26. The fraction of sp³-hybridized carbons (Fsp3) is 0.346. The van der Waals surface area contributed by atoms with E-state index in [0.29, 0.717) is 24.0 Å². The van der Waals surface area contributed by atoms with Gasteiger partial charge in [-0.05, 0) is 49.0 Å². The molecule has 0 saturated heterocycles. The lowest BCUT2D eigenvalue weighted by Gasteiger charge is -2.11. The first kappa shape index (κ1) is 28.4. The van der Waals surface area contributed by atoms with E-state index in [2.05, 4.69) is 10.1 Å². The maximum atomic E-state index is 12.8. The molecule has 0 aliphatic rings. The number of hydrogen-bond acceptors (Lipinski definition) is 6. The number of carbonyl (C=O) groups is 2. The van der Waals surface area contributed by atoms with Crippen molar-refractivity contribution in [1.29, 1.82) is 0 Å². The van der Waals surface area contributed by atoms with Crippen LogP contribution < -0.4 is 10.9 Å². The number of benzene rings is 1. The normalized spacial score (nSPS) is 13.0. The third-order valence-electron chi connectivity index (χ3n) is 5.35. The molecule has 1 heterocycles.